The predicted octanol–water partition coefficient (Wildman–Crippen LogP) is 2.04. The fourth-order valence-corrected chi connectivity index (χ4v) is 2.39. The Morgan fingerprint density at radius 3 is 2.33 bits per heavy atom. The van der Waals surface area contributed by atoms with E-state index in [0.29, 0.717) is 0 Å². The molecule has 0 bridgehead atoms. The van der Waals surface area contributed by atoms with Crippen molar-refractivity contribution in [3.05, 3.63) is 59.0 Å². The van der Waals surface area contributed by atoms with Gasteiger partial charge in [0.25, 0.3) is 0 Å². The minimum Gasteiger partial charge on any atom is -0.465 e. The summed E-state index contributed by atoms with van der Waals surface area (Å²) in [4.78, 5) is 3.93. The van der Waals surface area contributed by atoms with Crippen molar-refractivity contribution in [3.8, 4) is 0 Å². The molecule has 114 valence electrons. The van der Waals surface area contributed by atoms with Gasteiger partial charge in [0.15, 0.2) is 0 Å². The van der Waals surface area contributed by atoms with Crippen molar-refractivity contribution < 1.29 is 9.32 Å². The largest absolute Gasteiger partial charge is 0.465 e. The summed E-state index contributed by atoms with van der Waals surface area (Å²) in [5, 5.41) is 0. The zero-order valence-electron chi connectivity index (χ0n) is 13.6. The number of hydrogen-bond donors (Lipinski definition) is 1. The minimum atomic E-state index is 0.872. The zero-order valence-corrected chi connectivity index (χ0v) is 13.6. The first kappa shape index (κ1) is 15.8. The van der Waals surface area contributed by atoms with E-state index >= 15 is 0 Å². The van der Waals surface area contributed by atoms with Crippen molar-refractivity contribution in [1.82, 2.24) is 4.90 Å². The Hall–Kier alpha value is -1.58. The van der Waals surface area contributed by atoms with E-state index in [2.05, 4.69) is 62.3 Å². The van der Waals surface area contributed by atoms with Crippen molar-refractivity contribution in [2.75, 3.05) is 27.2 Å². The van der Waals surface area contributed by atoms with Gasteiger partial charge in [0.2, 0.25) is 0 Å². The van der Waals surface area contributed by atoms with Gasteiger partial charge < -0.3 is 9.32 Å². The predicted molar refractivity (Wildman–Crippen MR) is 86.4 cm³/mol. The number of likely N-dealkylation sites (N-methyl/N-ethyl adjacent to an activating group) is 1. The molecule has 0 aliphatic carbocycles. The lowest BCUT2D eigenvalue weighted by molar-refractivity contribution is -0.857. The highest BCUT2D eigenvalue weighted by molar-refractivity contribution is 5.19. The molecule has 0 unspecified atom stereocenters. The van der Waals surface area contributed by atoms with Crippen LogP contribution in [0.5, 0.6) is 0 Å². The molecule has 3 heteroatoms. The second kappa shape index (κ2) is 7.43. The number of aryl methyl sites for hydroxylation is 2. The summed E-state index contributed by atoms with van der Waals surface area (Å²) in [6.45, 7) is 8.17. The van der Waals surface area contributed by atoms with Crippen molar-refractivity contribution >= 4 is 0 Å². The number of quaternary nitrogens is 1. The fourth-order valence-electron chi connectivity index (χ4n) is 2.39. The lowest BCUT2D eigenvalue weighted by Gasteiger charge is -2.22. The molecule has 21 heavy (non-hydrogen) atoms. The molecule has 2 rings (SSSR count). The molecule has 0 radical (unpaired) electrons. The molecule has 0 saturated heterocycles. The van der Waals surface area contributed by atoms with Gasteiger partial charge in [-0.3, -0.25) is 4.90 Å². The Bertz CT molecular complexity index is 526. The third kappa shape index (κ3) is 5.03. The van der Waals surface area contributed by atoms with Crippen LogP contribution in [0.4, 0.5) is 0 Å². The average Bonchev–Trinajstić information content (AvgIpc) is 2.76. The Labute approximate surface area is 128 Å². The van der Waals surface area contributed by atoms with E-state index in [1.54, 1.807) is 0 Å². The summed E-state index contributed by atoms with van der Waals surface area (Å²) in [6.07, 6.45) is 0. The van der Waals surface area contributed by atoms with E-state index < -0.39 is 0 Å². The van der Waals surface area contributed by atoms with Gasteiger partial charge in [-0.1, -0.05) is 30.3 Å². The summed E-state index contributed by atoms with van der Waals surface area (Å²) in [7, 11) is 4.39. The first-order valence-corrected chi connectivity index (χ1v) is 7.66. The monoisotopic (exact) mass is 287 g/mol. The van der Waals surface area contributed by atoms with E-state index in [4.69, 9.17) is 4.42 Å². The molecule has 2 aromatic rings. The Kier molecular flexibility index (Phi) is 5.59. The van der Waals surface area contributed by atoms with E-state index in [-0.39, 0.29) is 0 Å². The topological polar surface area (TPSA) is 20.8 Å². The first-order chi connectivity index (χ1) is 10.0. The van der Waals surface area contributed by atoms with Crippen LogP contribution in [0.15, 0.2) is 40.8 Å². The van der Waals surface area contributed by atoms with Crippen LogP contribution in [0.2, 0.25) is 0 Å². The van der Waals surface area contributed by atoms with Gasteiger partial charge >= 0.3 is 0 Å². The van der Waals surface area contributed by atoms with Crippen LogP contribution in [0.3, 0.4) is 0 Å². The number of nitrogens with one attached hydrogen (secondary N) is 1. The van der Waals surface area contributed by atoms with Crippen molar-refractivity contribution in [3.63, 3.8) is 0 Å². The van der Waals surface area contributed by atoms with Crippen molar-refractivity contribution in [2.45, 2.75) is 26.9 Å². The van der Waals surface area contributed by atoms with Crippen LogP contribution < -0.4 is 4.90 Å². The standard InChI is InChI=1S/C18H26N2O/c1-15-12-18(21-16(15)2)14-20(11-10-19(3)4)13-17-8-6-5-7-9-17/h5-9,12H,10-11,13-14H2,1-4H3/p+1. The number of nitrogens with zero attached hydrogens (tertiary/aromatic N) is 1. The second-order valence-corrected chi connectivity index (χ2v) is 6.11. The number of hydrogen-bond acceptors (Lipinski definition) is 2. The Morgan fingerprint density at radius 1 is 1.05 bits per heavy atom. The fraction of sp³-hybridized carbons (Fsp3) is 0.444. The molecule has 0 atom stereocenters. The van der Waals surface area contributed by atoms with E-state index in [9.17, 15) is 0 Å². The first-order valence-electron chi connectivity index (χ1n) is 7.66. The molecule has 0 aliphatic heterocycles. The SMILES string of the molecule is Cc1cc(CN(CC[NH+](C)C)Cc2ccccc2)oc1C. The van der Waals surface area contributed by atoms with Gasteiger partial charge in [0, 0.05) is 13.1 Å². The van der Waals surface area contributed by atoms with Crippen molar-refractivity contribution in [2.24, 2.45) is 0 Å². The molecule has 1 heterocycles. The van der Waals surface area contributed by atoms with Gasteiger partial charge in [-0.2, -0.15) is 0 Å². The Balaban J connectivity index is 2.04. The Morgan fingerprint density at radius 2 is 1.76 bits per heavy atom. The van der Waals surface area contributed by atoms with Gasteiger partial charge in [0.1, 0.15) is 11.5 Å². The quantitative estimate of drug-likeness (QED) is 0.841. The molecule has 3 nitrogen and oxygen atoms in total. The third-order valence-electron chi connectivity index (χ3n) is 3.77. The van der Waals surface area contributed by atoms with E-state index in [1.165, 1.54) is 16.0 Å². The second-order valence-electron chi connectivity index (χ2n) is 6.11. The number of furan rings is 1. The number of benzene rings is 1. The molecule has 1 aromatic carbocycles. The lowest BCUT2D eigenvalue weighted by Crippen LogP contribution is -3.06. The van der Waals surface area contributed by atoms with E-state index in [0.717, 1.165) is 37.7 Å². The maximum absolute atomic E-state index is 5.84. The number of rotatable bonds is 7. The molecular formula is C18H27N2O+. The van der Waals surface area contributed by atoms with Crippen LogP contribution in [0, 0.1) is 13.8 Å². The van der Waals surface area contributed by atoms with Gasteiger partial charge in [-0.15, -0.1) is 0 Å². The molecule has 0 saturated carbocycles. The van der Waals surface area contributed by atoms with Gasteiger partial charge in [0.05, 0.1) is 27.2 Å². The molecule has 0 fully saturated rings. The highest BCUT2D eigenvalue weighted by atomic mass is 16.3. The van der Waals surface area contributed by atoms with Crippen LogP contribution >= 0.6 is 0 Å². The van der Waals surface area contributed by atoms with Gasteiger partial charge in [-0.25, -0.2) is 0 Å². The highest BCUT2D eigenvalue weighted by Crippen LogP contribution is 2.16. The van der Waals surface area contributed by atoms with Crippen LogP contribution in [-0.4, -0.2) is 32.1 Å². The maximum Gasteiger partial charge on any atom is 0.118 e. The maximum atomic E-state index is 5.84. The summed E-state index contributed by atoms with van der Waals surface area (Å²) >= 11 is 0. The smallest absolute Gasteiger partial charge is 0.118 e. The summed E-state index contributed by atoms with van der Waals surface area (Å²) in [5.41, 5.74) is 2.59. The van der Waals surface area contributed by atoms with Crippen LogP contribution in [0.25, 0.3) is 0 Å². The average molecular weight is 287 g/mol. The molecule has 0 amide bonds. The van der Waals surface area contributed by atoms with Gasteiger partial charge in [-0.05, 0) is 31.0 Å². The zero-order chi connectivity index (χ0) is 15.2. The summed E-state index contributed by atoms with van der Waals surface area (Å²) in [5.74, 6) is 2.09. The van der Waals surface area contributed by atoms with Crippen molar-refractivity contribution in [1.29, 1.82) is 0 Å². The molecule has 1 N–H and O–H groups in total. The molecule has 0 spiro atoms. The lowest BCUT2D eigenvalue weighted by atomic mass is 10.2. The molecule has 0 aliphatic rings. The minimum absolute atomic E-state index is 0.872. The molecule has 1 aromatic heterocycles. The van der Waals surface area contributed by atoms with E-state index in [1.807, 2.05) is 6.92 Å². The van der Waals surface area contributed by atoms with Crippen LogP contribution in [0.1, 0.15) is 22.6 Å². The van der Waals surface area contributed by atoms with Crippen LogP contribution in [-0.2, 0) is 13.1 Å². The normalized spacial score (nSPS) is 11.5. The third-order valence-corrected chi connectivity index (χ3v) is 3.77. The summed E-state index contributed by atoms with van der Waals surface area (Å²) in [6, 6.07) is 12.8. The molecular weight excluding hydrogens is 260 g/mol. The summed E-state index contributed by atoms with van der Waals surface area (Å²) < 4.78 is 5.84. The highest BCUT2D eigenvalue weighted by Gasteiger charge is 2.12.